The van der Waals surface area contributed by atoms with Crippen molar-refractivity contribution in [3.8, 4) is 6.07 Å². The molecule has 0 unspecified atom stereocenters. The van der Waals surface area contributed by atoms with Gasteiger partial charge in [-0.1, -0.05) is 30.3 Å². The van der Waals surface area contributed by atoms with Crippen LogP contribution in [0.5, 0.6) is 0 Å². The van der Waals surface area contributed by atoms with Gasteiger partial charge >= 0.3 is 0 Å². The summed E-state index contributed by atoms with van der Waals surface area (Å²) in [6.45, 7) is 5.27. The summed E-state index contributed by atoms with van der Waals surface area (Å²) in [5, 5.41) is 16.2. The predicted molar refractivity (Wildman–Crippen MR) is 98.0 cm³/mol. The van der Waals surface area contributed by atoms with Crippen molar-refractivity contribution in [3.63, 3.8) is 0 Å². The molecule has 1 amide bonds. The summed E-state index contributed by atoms with van der Waals surface area (Å²) in [5.74, 6) is 0.0802. The Morgan fingerprint density at radius 3 is 2.72 bits per heavy atom. The van der Waals surface area contributed by atoms with Gasteiger partial charge in [-0.15, -0.1) is 0 Å². The molecule has 0 bridgehead atoms. The van der Waals surface area contributed by atoms with Crippen LogP contribution in [0.4, 0.5) is 0 Å². The number of aryl methyl sites for hydroxylation is 3. The van der Waals surface area contributed by atoms with Gasteiger partial charge in [0, 0.05) is 18.7 Å². The second-order valence-electron chi connectivity index (χ2n) is 6.22. The van der Waals surface area contributed by atoms with Crippen LogP contribution < -0.4 is 5.32 Å². The van der Waals surface area contributed by atoms with Crippen molar-refractivity contribution in [2.75, 3.05) is 6.54 Å². The topological polar surface area (TPSA) is 70.7 Å². The molecule has 0 radical (unpaired) electrons. The van der Waals surface area contributed by atoms with Crippen LogP contribution in [0.15, 0.2) is 30.3 Å². The third-order valence-electron chi connectivity index (χ3n) is 4.38. The van der Waals surface area contributed by atoms with Gasteiger partial charge in [0.05, 0.1) is 24.7 Å². The highest BCUT2D eigenvalue weighted by atomic mass is 16.1. The highest BCUT2D eigenvalue weighted by molar-refractivity contribution is 5.76. The molecule has 5 nitrogen and oxygen atoms in total. The van der Waals surface area contributed by atoms with Crippen LogP contribution in [0.3, 0.4) is 0 Å². The van der Waals surface area contributed by atoms with Crippen molar-refractivity contribution in [2.24, 2.45) is 0 Å². The first-order valence-corrected chi connectivity index (χ1v) is 8.82. The maximum Gasteiger partial charge on any atom is 0.220 e. The molecular weight excluding hydrogens is 312 g/mol. The highest BCUT2D eigenvalue weighted by Crippen LogP contribution is 2.15. The first kappa shape index (κ1) is 18.7. The van der Waals surface area contributed by atoms with Crippen LogP contribution in [0, 0.1) is 25.2 Å². The standard InChI is InChI=1S/C20H26N4O/c1-16-19(17(2)24(23-16)15-7-13-21)11-12-20(25)22-14-6-10-18-8-4-3-5-9-18/h3-5,8-9H,6-7,10-12,14-15H2,1-2H3,(H,22,25). The molecule has 0 saturated carbocycles. The molecule has 132 valence electrons. The molecule has 0 aliphatic carbocycles. The summed E-state index contributed by atoms with van der Waals surface area (Å²) in [6, 6.07) is 12.4. The van der Waals surface area contributed by atoms with Gasteiger partial charge in [0.15, 0.2) is 0 Å². The average Bonchev–Trinajstić information content (AvgIpc) is 2.89. The Labute approximate surface area is 149 Å². The monoisotopic (exact) mass is 338 g/mol. The quantitative estimate of drug-likeness (QED) is 0.714. The third kappa shape index (κ3) is 5.75. The number of rotatable bonds is 9. The summed E-state index contributed by atoms with van der Waals surface area (Å²) in [4.78, 5) is 12.0. The Balaban J connectivity index is 1.73. The molecule has 0 aliphatic rings. The summed E-state index contributed by atoms with van der Waals surface area (Å²) >= 11 is 0. The Kier molecular flexibility index (Phi) is 7.21. The second-order valence-corrected chi connectivity index (χ2v) is 6.22. The fourth-order valence-electron chi connectivity index (χ4n) is 2.96. The number of nitriles is 1. The van der Waals surface area contributed by atoms with Crippen molar-refractivity contribution in [1.82, 2.24) is 15.1 Å². The maximum atomic E-state index is 12.0. The van der Waals surface area contributed by atoms with Gasteiger partial charge in [-0.25, -0.2) is 0 Å². The van der Waals surface area contributed by atoms with Crippen LogP contribution in [-0.2, 0) is 24.2 Å². The Hall–Kier alpha value is -2.61. The van der Waals surface area contributed by atoms with Crippen LogP contribution in [0.2, 0.25) is 0 Å². The van der Waals surface area contributed by atoms with Crippen molar-refractivity contribution in [1.29, 1.82) is 5.26 Å². The lowest BCUT2D eigenvalue weighted by atomic mass is 10.1. The zero-order valence-electron chi connectivity index (χ0n) is 15.1. The molecule has 25 heavy (non-hydrogen) atoms. The zero-order chi connectivity index (χ0) is 18.1. The van der Waals surface area contributed by atoms with E-state index in [1.807, 2.05) is 36.7 Å². The largest absolute Gasteiger partial charge is 0.356 e. The minimum atomic E-state index is 0.0802. The fraction of sp³-hybridized carbons (Fsp3) is 0.450. The maximum absolute atomic E-state index is 12.0. The lowest BCUT2D eigenvalue weighted by molar-refractivity contribution is -0.121. The number of nitrogens with zero attached hydrogens (tertiary/aromatic N) is 3. The van der Waals surface area contributed by atoms with Crippen molar-refractivity contribution >= 4 is 5.91 Å². The van der Waals surface area contributed by atoms with Gasteiger partial charge in [0.1, 0.15) is 0 Å². The van der Waals surface area contributed by atoms with Gasteiger partial charge < -0.3 is 5.32 Å². The van der Waals surface area contributed by atoms with Gasteiger partial charge in [-0.2, -0.15) is 10.4 Å². The molecule has 0 aliphatic heterocycles. The number of hydrogen-bond acceptors (Lipinski definition) is 3. The summed E-state index contributed by atoms with van der Waals surface area (Å²) in [7, 11) is 0. The minimum Gasteiger partial charge on any atom is -0.356 e. The van der Waals surface area contributed by atoms with E-state index in [1.165, 1.54) is 5.56 Å². The van der Waals surface area contributed by atoms with E-state index in [9.17, 15) is 4.79 Å². The molecule has 1 N–H and O–H groups in total. The van der Waals surface area contributed by atoms with Crippen LogP contribution in [0.25, 0.3) is 0 Å². The Morgan fingerprint density at radius 1 is 1.24 bits per heavy atom. The van der Waals surface area contributed by atoms with E-state index in [-0.39, 0.29) is 5.91 Å². The normalized spacial score (nSPS) is 10.4. The van der Waals surface area contributed by atoms with E-state index in [0.717, 1.165) is 29.8 Å². The molecule has 1 aromatic heterocycles. The Bertz CT molecular complexity index is 728. The predicted octanol–water partition coefficient (Wildman–Crippen LogP) is 3.10. The number of carbonyl (C=O) groups is 1. The summed E-state index contributed by atoms with van der Waals surface area (Å²) < 4.78 is 1.87. The summed E-state index contributed by atoms with van der Waals surface area (Å²) in [6.07, 6.45) is 3.53. The van der Waals surface area contributed by atoms with E-state index < -0.39 is 0 Å². The molecule has 2 aromatic rings. The van der Waals surface area contributed by atoms with Crippen molar-refractivity contribution in [3.05, 3.63) is 52.8 Å². The average molecular weight is 338 g/mol. The van der Waals surface area contributed by atoms with E-state index >= 15 is 0 Å². The first-order valence-electron chi connectivity index (χ1n) is 8.82. The number of carbonyl (C=O) groups excluding carboxylic acids is 1. The number of benzene rings is 1. The molecule has 0 atom stereocenters. The molecule has 1 heterocycles. The Morgan fingerprint density at radius 2 is 2.00 bits per heavy atom. The van der Waals surface area contributed by atoms with E-state index in [1.54, 1.807) is 0 Å². The molecule has 5 heteroatoms. The number of nitrogens with one attached hydrogen (secondary N) is 1. The smallest absolute Gasteiger partial charge is 0.220 e. The molecule has 0 saturated heterocycles. The van der Waals surface area contributed by atoms with E-state index in [0.29, 0.717) is 32.4 Å². The SMILES string of the molecule is Cc1nn(CCC#N)c(C)c1CCC(=O)NCCCc1ccccc1. The van der Waals surface area contributed by atoms with Crippen LogP contribution in [0.1, 0.15) is 41.8 Å². The first-order chi connectivity index (χ1) is 12.1. The van der Waals surface area contributed by atoms with Crippen LogP contribution in [-0.4, -0.2) is 22.2 Å². The van der Waals surface area contributed by atoms with Gasteiger partial charge in [0.25, 0.3) is 0 Å². The molecule has 0 spiro atoms. The highest BCUT2D eigenvalue weighted by Gasteiger charge is 2.12. The van der Waals surface area contributed by atoms with Gasteiger partial charge in [0.2, 0.25) is 5.91 Å². The van der Waals surface area contributed by atoms with E-state index in [2.05, 4.69) is 28.6 Å². The third-order valence-corrected chi connectivity index (χ3v) is 4.38. The molecule has 2 rings (SSSR count). The zero-order valence-corrected chi connectivity index (χ0v) is 15.1. The van der Waals surface area contributed by atoms with Gasteiger partial charge in [-0.05, 0) is 44.2 Å². The van der Waals surface area contributed by atoms with Crippen molar-refractivity contribution in [2.45, 2.75) is 52.5 Å². The van der Waals surface area contributed by atoms with Gasteiger partial charge in [-0.3, -0.25) is 9.48 Å². The second kappa shape index (κ2) is 9.63. The number of aromatic nitrogens is 2. The number of amides is 1. The molecular formula is C20H26N4O. The van der Waals surface area contributed by atoms with Crippen molar-refractivity contribution < 1.29 is 4.79 Å². The number of hydrogen-bond donors (Lipinski definition) is 1. The van der Waals surface area contributed by atoms with E-state index in [4.69, 9.17) is 5.26 Å². The van der Waals surface area contributed by atoms with Crippen LogP contribution >= 0.6 is 0 Å². The lowest BCUT2D eigenvalue weighted by Crippen LogP contribution is -2.25. The molecule has 0 fully saturated rings. The lowest BCUT2D eigenvalue weighted by Gasteiger charge is -2.06. The summed E-state index contributed by atoms with van der Waals surface area (Å²) in [5.41, 5.74) is 4.43. The molecule has 1 aromatic carbocycles. The minimum absolute atomic E-state index is 0.0802. The fourth-order valence-corrected chi connectivity index (χ4v) is 2.96.